The maximum Gasteiger partial charge on any atom is 0.181 e. The molecule has 0 aromatic heterocycles. The van der Waals surface area contributed by atoms with Gasteiger partial charge in [-0.3, -0.25) is 0 Å². The molecule has 1 saturated carbocycles. The van der Waals surface area contributed by atoms with Crippen molar-refractivity contribution < 1.29 is 39.1 Å². The SMILES string of the molecule is Cc1cc(-c2cc(F)c(C)c(F)c2)ccc1[C@@H](O)[C@H]1OC2(O)C(CO)[C@@H](O)C(O)C12. The van der Waals surface area contributed by atoms with Crippen LogP contribution in [0.25, 0.3) is 11.1 Å². The van der Waals surface area contributed by atoms with Crippen LogP contribution in [0.5, 0.6) is 0 Å². The summed E-state index contributed by atoms with van der Waals surface area (Å²) in [6.45, 7) is 2.49. The second-order valence-corrected chi connectivity index (χ2v) is 8.21. The van der Waals surface area contributed by atoms with E-state index >= 15 is 0 Å². The third-order valence-corrected chi connectivity index (χ3v) is 6.53. The molecule has 2 fully saturated rings. The highest BCUT2D eigenvalue weighted by molar-refractivity contribution is 5.65. The summed E-state index contributed by atoms with van der Waals surface area (Å²) in [6, 6.07) is 7.35. The highest BCUT2D eigenvalue weighted by Gasteiger charge is 2.71. The first kappa shape index (κ1) is 21.3. The molecule has 7 atom stereocenters. The van der Waals surface area contributed by atoms with Crippen molar-refractivity contribution in [2.24, 2.45) is 11.8 Å². The fourth-order valence-electron chi connectivity index (χ4n) is 4.68. The third-order valence-electron chi connectivity index (χ3n) is 6.53. The Labute approximate surface area is 172 Å². The molecule has 1 saturated heterocycles. The van der Waals surface area contributed by atoms with E-state index in [9.17, 15) is 34.3 Å². The Kier molecular flexibility index (Phi) is 5.21. The van der Waals surface area contributed by atoms with Crippen LogP contribution < -0.4 is 0 Å². The molecule has 4 rings (SSSR count). The van der Waals surface area contributed by atoms with Crippen molar-refractivity contribution in [1.29, 1.82) is 0 Å². The second-order valence-electron chi connectivity index (χ2n) is 8.21. The van der Waals surface area contributed by atoms with Gasteiger partial charge in [-0.05, 0) is 48.2 Å². The molecule has 0 bridgehead atoms. The first-order valence-electron chi connectivity index (χ1n) is 9.72. The minimum absolute atomic E-state index is 0.0596. The Morgan fingerprint density at radius 1 is 1.03 bits per heavy atom. The van der Waals surface area contributed by atoms with E-state index in [2.05, 4.69) is 0 Å². The van der Waals surface area contributed by atoms with Gasteiger partial charge in [-0.2, -0.15) is 0 Å². The Balaban J connectivity index is 1.60. The van der Waals surface area contributed by atoms with Crippen LogP contribution in [-0.2, 0) is 4.74 Å². The molecule has 4 unspecified atom stereocenters. The smallest absolute Gasteiger partial charge is 0.181 e. The van der Waals surface area contributed by atoms with Crippen LogP contribution >= 0.6 is 0 Å². The fourth-order valence-corrected chi connectivity index (χ4v) is 4.68. The summed E-state index contributed by atoms with van der Waals surface area (Å²) in [4.78, 5) is 0. The van der Waals surface area contributed by atoms with E-state index in [1.54, 1.807) is 25.1 Å². The minimum atomic E-state index is -1.91. The topological polar surface area (TPSA) is 110 Å². The van der Waals surface area contributed by atoms with E-state index in [4.69, 9.17) is 4.74 Å². The van der Waals surface area contributed by atoms with Crippen LogP contribution in [0.1, 0.15) is 22.8 Å². The number of halogens is 2. The zero-order valence-electron chi connectivity index (χ0n) is 16.5. The number of hydrogen-bond acceptors (Lipinski definition) is 6. The maximum atomic E-state index is 13.9. The standard InChI is InChI=1S/C22H24F2O6/c1-9-5-11(12-6-15(23)10(2)16(24)7-12)3-4-13(9)18(26)21-17-20(28)19(27)14(8-25)22(17,29)30-21/h3-7,14,17-21,25-29H,8H2,1-2H3/t14?,17?,18-,19-,20?,21+,22?/m1/s1. The molecular weight excluding hydrogens is 398 g/mol. The number of benzene rings is 2. The summed E-state index contributed by atoms with van der Waals surface area (Å²) in [5, 5.41) is 51.1. The summed E-state index contributed by atoms with van der Waals surface area (Å²) >= 11 is 0. The van der Waals surface area contributed by atoms with E-state index in [0.29, 0.717) is 22.3 Å². The molecule has 162 valence electrons. The van der Waals surface area contributed by atoms with Crippen molar-refractivity contribution in [2.45, 2.75) is 44.1 Å². The lowest BCUT2D eigenvalue weighted by atomic mass is 9.79. The van der Waals surface area contributed by atoms with Gasteiger partial charge in [0.15, 0.2) is 5.79 Å². The van der Waals surface area contributed by atoms with Crippen LogP contribution in [0, 0.1) is 37.3 Å². The van der Waals surface area contributed by atoms with Crippen molar-refractivity contribution in [3.8, 4) is 11.1 Å². The lowest BCUT2D eigenvalue weighted by Gasteiger charge is -2.51. The van der Waals surface area contributed by atoms with E-state index in [1.807, 2.05) is 0 Å². The second kappa shape index (κ2) is 7.33. The molecule has 5 N–H and O–H groups in total. The summed E-state index contributed by atoms with van der Waals surface area (Å²) in [6.07, 6.45) is -4.96. The molecular formula is C22H24F2O6. The minimum Gasteiger partial charge on any atom is -0.396 e. The van der Waals surface area contributed by atoms with Gasteiger partial charge in [-0.15, -0.1) is 0 Å². The largest absolute Gasteiger partial charge is 0.396 e. The molecule has 2 aliphatic rings. The van der Waals surface area contributed by atoms with Gasteiger partial charge in [0.25, 0.3) is 0 Å². The number of aliphatic hydroxyl groups is 5. The van der Waals surface area contributed by atoms with Gasteiger partial charge in [0.05, 0.1) is 30.7 Å². The number of aliphatic hydroxyl groups excluding tert-OH is 4. The van der Waals surface area contributed by atoms with Crippen molar-refractivity contribution in [3.63, 3.8) is 0 Å². The Morgan fingerprint density at radius 2 is 1.67 bits per heavy atom. The number of fused-ring (bicyclic) bond motifs is 1. The quantitative estimate of drug-likeness (QED) is 0.509. The molecule has 2 aromatic rings. The highest BCUT2D eigenvalue weighted by Crippen LogP contribution is 2.55. The van der Waals surface area contributed by atoms with Crippen molar-refractivity contribution in [3.05, 3.63) is 58.7 Å². The van der Waals surface area contributed by atoms with Crippen LogP contribution in [0.2, 0.25) is 0 Å². The van der Waals surface area contributed by atoms with Gasteiger partial charge in [0.1, 0.15) is 23.8 Å². The van der Waals surface area contributed by atoms with Crippen LogP contribution in [0.4, 0.5) is 8.78 Å². The summed E-state index contributed by atoms with van der Waals surface area (Å²) in [5.41, 5.74) is 1.92. The Bertz CT molecular complexity index is 959. The molecule has 1 heterocycles. The fraction of sp³-hybridized carbons (Fsp3) is 0.455. The molecule has 6 nitrogen and oxygen atoms in total. The Hall–Kier alpha value is -1.94. The summed E-state index contributed by atoms with van der Waals surface area (Å²) in [5.74, 6) is -5.26. The molecule has 8 heteroatoms. The van der Waals surface area contributed by atoms with Crippen molar-refractivity contribution in [1.82, 2.24) is 0 Å². The van der Waals surface area contributed by atoms with E-state index in [-0.39, 0.29) is 5.56 Å². The van der Waals surface area contributed by atoms with E-state index in [0.717, 1.165) is 0 Å². The normalized spacial score (nSPS) is 33.8. The predicted octanol–water partition coefficient (Wildman–Crippen LogP) is 1.33. The molecule has 0 radical (unpaired) electrons. The average molecular weight is 422 g/mol. The van der Waals surface area contributed by atoms with Crippen molar-refractivity contribution >= 4 is 0 Å². The van der Waals surface area contributed by atoms with Gasteiger partial charge >= 0.3 is 0 Å². The number of aryl methyl sites for hydroxylation is 1. The van der Waals surface area contributed by atoms with Gasteiger partial charge in [0, 0.05) is 5.56 Å². The molecule has 1 aliphatic carbocycles. The third kappa shape index (κ3) is 2.98. The summed E-state index contributed by atoms with van der Waals surface area (Å²) < 4.78 is 33.3. The highest BCUT2D eigenvalue weighted by atomic mass is 19.1. The van der Waals surface area contributed by atoms with E-state index in [1.165, 1.54) is 19.1 Å². The zero-order valence-corrected chi connectivity index (χ0v) is 16.5. The number of rotatable bonds is 4. The predicted molar refractivity (Wildman–Crippen MR) is 102 cm³/mol. The van der Waals surface area contributed by atoms with Gasteiger partial charge < -0.3 is 30.3 Å². The molecule has 2 aromatic carbocycles. The van der Waals surface area contributed by atoms with Crippen LogP contribution in [-0.4, -0.2) is 56.2 Å². The lowest BCUT2D eigenvalue weighted by Crippen LogP contribution is -2.64. The van der Waals surface area contributed by atoms with Crippen LogP contribution in [0.3, 0.4) is 0 Å². The van der Waals surface area contributed by atoms with Crippen LogP contribution in [0.15, 0.2) is 30.3 Å². The van der Waals surface area contributed by atoms with Gasteiger partial charge in [-0.25, -0.2) is 8.78 Å². The summed E-state index contributed by atoms with van der Waals surface area (Å²) in [7, 11) is 0. The van der Waals surface area contributed by atoms with E-state index < -0.39 is 60.3 Å². The van der Waals surface area contributed by atoms with Gasteiger partial charge in [0.2, 0.25) is 0 Å². The maximum absolute atomic E-state index is 13.9. The van der Waals surface area contributed by atoms with Crippen molar-refractivity contribution in [2.75, 3.05) is 6.61 Å². The first-order chi connectivity index (χ1) is 14.1. The Morgan fingerprint density at radius 3 is 2.23 bits per heavy atom. The molecule has 0 spiro atoms. The number of hydrogen-bond donors (Lipinski definition) is 5. The molecule has 30 heavy (non-hydrogen) atoms. The number of ether oxygens (including phenoxy) is 1. The molecule has 0 amide bonds. The first-order valence-corrected chi connectivity index (χ1v) is 9.72. The zero-order chi connectivity index (χ0) is 22.0. The molecule has 1 aliphatic heterocycles. The lowest BCUT2D eigenvalue weighted by molar-refractivity contribution is -0.396. The monoisotopic (exact) mass is 422 g/mol. The van der Waals surface area contributed by atoms with Gasteiger partial charge in [-0.1, -0.05) is 18.2 Å². The average Bonchev–Trinajstić information content (AvgIpc) is 2.82.